The standard InChI is InChI=1S/C11H9FO3/c1-8-4-2-3-5-10(8)11(14)15-7-9(12)6-13/h2-7H,1H3/b9-7-. The van der Waals surface area contributed by atoms with E-state index in [2.05, 4.69) is 4.74 Å². The molecule has 0 unspecified atom stereocenters. The molecular weight excluding hydrogens is 199 g/mol. The quantitative estimate of drug-likeness (QED) is 0.331. The lowest BCUT2D eigenvalue weighted by molar-refractivity contribution is -0.106. The van der Waals surface area contributed by atoms with Gasteiger partial charge in [-0.15, -0.1) is 0 Å². The summed E-state index contributed by atoms with van der Waals surface area (Å²) in [7, 11) is 0. The third-order valence-corrected chi connectivity index (χ3v) is 1.76. The number of rotatable bonds is 3. The molecule has 4 heteroatoms. The molecular formula is C11H9FO3. The maximum Gasteiger partial charge on any atom is 0.343 e. The molecule has 1 rings (SSSR count). The molecule has 0 bridgehead atoms. The van der Waals surface area contributed by atoms with Gasteiger partial charge >= 0.3 is 5.97 Å². The summed E-state index contributed by atoms with van der Waals surface area (Å²) in [6, 6.07) is 6.73. The number of halogens is 1. The van der Waals surface area contributed by atoms with Gasteiger partial charge in [0.2, 0.25) is 0 Å². The van der Waals surface area contributed by atoms with Gasteiger partial charge in [-0.2, -0.15) is 4.39 Å². The number of carbonyl (C=O) groups excluding carboxylic acids is 2. The molecule has 1 aromatic carbocycles. The normalized spacial score (nSPS) is 10.9. The molecule has 1 aromatic rings. The molecule has 15 heavy (non-hydrogen) atoms. The fourth-order valence-corrected chi connectivity index (χ4v) is 1.00. The van der Waals surface area contributed by atoms with E-state index >= 15 is 0 Å². The minimum atomic E-state index is -1.13. The number of hydrogen-bond acceptors (Lipinski definition) is 3. The maximum atomic E-state index is 12.3. The van der Waals surface area contributed by atoms with E-state index in [1.54, 1.807) is 31.2 Å². The predicted octanol–water partition coefficient (Wildman–Crippen LogP) is 2.16. The predicted molar refractivity (Wildman–Crippen MR) is 51.8 cm³/mol. The Morgan fingerprint density at radius 3 is 2.67 bits per heavy atom. The van der Waals surface area contributed by atoms with Crippen molar-refractivity contribution in [1.82, 2.24) is 0 Å². The van der Waals surface area contributed by atoms with Crippen molar-refractivity contribution in [3.63, 3.8) is 0 Å². The van der Waals surface area contributed by atoms with Gasteiger partial charge in [-0.25, -0.2) is 4.79 Å². The summed E-state index contributed by atoms with van der Waals surface area (Å²) in [6.45, 7) is 1.73. The van der Waals surface area contributed by atoms with E-state index in [1.807, 2.05) is 0 Å². The first kappa shape index (κ1) is 11.1. The number of carbonyl (C=O) groups is 2. The smallest absolute Gasteiger partial charge is 0.343 e. The van der Waals surface area contributed by atoms with Crippen LogP contribution in [-0.2, 0) is 9.53 Å². The summed E-state index contributed by atoms with van der Waals surface area (Å²) in [4.78, 5) is 21.2. The van der Waals surface area contributed by atoms with Gasteiger partial charge in [-0.3, -0.25) is 4.79 Å². The lowest BCUT2D eigenvalue weighted by Crippen LogP contribution is -2.03. The van der Waals surface area contributed by atoms with Gasteiger partial charge in [0.15, 0.2) is 12.1 Å². The molecule has 0 aliphatic heterocycles. The zero-order valence-electron chi connectivity index (χ0n) is 8.07. The van der Waals surface area contributed by atoms with Gasteiger partial charge in [0.05, 0.1) is 5.56 Å². The summed E-state index contributed by atoms with van der Waals surface area (Å²) >= 11 is 0. The number of benzene rings is 1. The van der Waals surface area contributed by atoms with Crippen LogP contribution < -0.4 is 0 Å². The minimum Gasteiger partial charge on any atom is -0.428 e. The van der Waals surface area contributed by atoms with Crippen molar-refractivity contribution in [2.45, 2.75) is 6.92 Å². The molecule has 0 saturated carbocycles. The monoisotopic (exact) mass is 208 g/mol. The highest BCUT2D eigenvalue weighted by Crippen LogP contribution is 2.09. The second-order valence-corrected chi connectivity index (χ2v) is 2.84. The van der Waals surface area contributed by atoms with E-state index < -0.39 is 11.8 Å². The number of aryl methyl sites for hydroxylation is 1. The van der Waals surface area contributed by atoms with E-state index in [1.165, 1.54) is 0 Å². The van der Waals surface area contributed by atoms with Gasteiger partial charge in [0, 0.05) is 0 Å². The summed E-state index contributed by atoms with van der Waals surface area (Å²) < 4.78 is 16.8. The van der Waals surface area contributed by atoms with Gasteiger partial charge < -0.3 is 4.74 Å². The Morgan fingerprint density at radius 2 is 2.07 bits per heavy atom. The lowest BCUT2D eigenvalue weighted by Gasteiger charge is -2.02. The highest BCUT2D eigenvalue weighted by Gasteiger charge is 2.08. The Balaban J connectivity index is 2.78. The van der Waals surface area contributed by atoms with Gasteiger partial charge in [0.1, 0.15) is 6.26 Å². The van der Waals surface area contributed by atoms with Crippen molar-refractivity contribution in [3.05, 3.63) is 47.5 Å². The van der Waals surface area contributed by atoms with Gasteiger partial charge in [-0.05, 0) is 18.6 Å². The molecule has 0 fully saturated rings. The molecule has 0 aliphatic carbocycles. The van der Waals surface area contributed by atoms with E-state index in [-0.39, 0.29) is 6.29 Å². The third kappa shape index (κ3) is 3.02. The lowest BCUT2D eigenvalue weighted by atomic mass is 10.1. The van der Waals surface area contributed by atoms with Crippen LogP contribution in [0.4, 0.5) is 4.39 Å². The first-order chi connectivity index (χ1) is 7.15. The molecule has 0 saturated heterocycles. The highest BCUT2D eigenvalue weighted by atomic mass is 19.1. The SMILES string of the molecule is Cc1ccccc1C(=O)O/C=C(\F)C=O. The van der Waals surface area contributed by atoms with Crippen LogP contribution >= 0.6 is 0 Å². The first-order valence-corrected chi connectivity index (χ1v) is 4.22. The molecule has 0 heterocycles. The second-order valence-electron chi connectivity index (χ2n) is 2.84. The number of allylic oxidation sites excluding steroid dienone is 1. The maximum absolute atomic E-state index is 12.3. The summed E-state index contributed by atoms with van der Waals surface area (Å²) in [5, 5.41) is 0. The van der Waals surface area contributed by atoms with Crippen LogP contribution in [0.25, 0.3) is 0 Å². The number of aldehydes is 1. The molecule has 0 atom stereocenters. The topological polar surface area (TPSA) is 43.4 Å². The van der Waals surface area contributed by atoms with Crippen molar-refractivity contribution in [2.24, 2.45) is 0 Å². The van der Waals surface area contributed by atoms with Crippen molar-refractivity contribution in [1.29, 1.82) is 0 Å². The fraction of sp³-hybridized carbons (Fsp3) is 0.0909. The van der Waals surface area contributed by atoms with Crippen LogP contribution in [0.1, 0.15) is 15.9 Å². The molecule has 0 radical (unpaired) electrons. The van der Waals surface area contributed by atoms with Crippen molar-refractivity contribution in [2.75, 3.05) is 0 Å². The van der Waals surface area contributed by atoms with E-state index in [0.29, 0.717) is 11.8 Å². The van der Waals surface area contributed by atoms with Crippen molar-refractivity contribution in [3.8, 4) is 0 Å². The average Bonchev–Trinajstić information content (AvgIpc) is 2.26. The molecule has 3 nitrogen and oxygen atoms in total. The summed E-state index contributed by atoms with van der Waals surface area (Å²) in [6.07, 6.45) is 0.451. The molecule has 0 N–H and O–H groups in total. The van der Waals surface area contributed by atoms with Crippen LogP contribution in [0.2, 0.25) is 0 Å². The van der Waals surface area contributed by atoms with Gasteiger partial charge in [-0.1, -0.05) is 18.2 Å². The van der Waals surface area contributed by atoms with E-state index in [4.69, 9.17) is 0 Å². The molecule has 0 aromatic heterocycles. The molecule has 0 aliphatic rings. The molecule has 0 amide bonds. The highest BCUT2D eigenvalue weighted by molar-refractivity contribution is 5.91. The van der Waals surface area contributed by atoms with Gasteiger partial charge in [0.25, 0.3) is 0 Å². The van der Waals surface area contributed by atoms with Crippen LogP contribution in [0, 0.1) is 6.92 Å². The van der Waals surface area contributed by atoms with Crippen molar-refractivity contribution >= 4 is 12.3 Å². The summed E-state index contributed by atoms with van der Waals surface area (Å²) in [5.41, 5.74) is 1.06. The first-order valence-electron chi connectivity index (χ1n) is 4.22. The molecule has 0 spiro atoms. The van der Waals surface area contributed by atoms with E-state index in [0.717, 1.165) is 5.56 Å². The largest absolute Gasteiger partial charge is 0.428 e. The Bertz CT molecular complexity index is 410. The molecule has 78 valence electrons. The Labute approximate surface area is 86.2 Å². The summed E-state index contributed by atoms with van der Waals surface area (Å²) in [5.74, 6) is -1.82. The van der Waals surface area contributed by atoms with E-state index in [9.17, 15) is 14.0 Å². The van der Waals surface area contributed by atoms with Crippen LogP contribution in [0.5, 0.6) is 0 Å². The fourth-order valence-electron chi connectivity index (χ4n) is 1.00. The second kappa shape index (κ2) is 5.05. The Kier molecular flexibility index (Phi) is 3.74. The van der Waals surface area contributed by atoms with Crippen LogP contribution in [-0.4, -0.2) is 12.3 Å². The third-order valence-electron chi connectivity index (χ3n) is 1.76. The number of ether oxygens (including phenoxy) is 1. The van der Waals surface area contributed by atoms with Crippen LogP contribution in [0.15, 0.2) is 36.4 Å². The number of esters is 1. The Hall–Kier alpha value is -1.97. The Morgan fingerprint density at radius 1 is 1.40 bits per heavy atom. The zero-order valence-corrected chi connectivity index (χ0v) is 8.07. The van der Waals surface area contributed by atoms with Crippen LogP contribution in [0.3, 0.4) is 0 Å². The number of hydrogen-bond donors (Lipinski definition) is 0. The average molecular weight is 208 g/mol. The minimum absolute atomic E-state index is 0.0366. The van der Waals surface area contributed by atoms with Crippen molar-refractivity contribution < 1.29 is 18.7 Å². The zero-order chi connectivity index (χ0) is 11.3.